The first-order valence-electron chi connectivity index (χ1n) is 9.74. The summed E-state index contributed by atoms with van der Waals surface area (Å²) in [7, 11) is 0. The second-order valence-corrected chi connectivity index (χ2v) is 7.39. The molecule has 0 aliphatic carbocycles. The Hall–Kier alpha value is -2.80. The minimum absolute atomic E-state index is 0.0142. The quantitative estimate of drug-likeness (QED) is 0.751. The van der Waals surface area contributed by atoms with Gasteiger partial charge in [0.15, 0.2) is 0 Å². The molecule has 7 heteroatoms. The molecule has 1 aromatic heterocycles. The lowest BCUT2D eigenvalue weighted by atomic mass is 10.1. The zero-order chi connectivity index (χ0) is 19.7. The molecule has 7 nitrogen and oxygen atoms in total. The molecule has 2 aromatic rings. The van der Waals surface area contributed by atoms with Crippen molar-refractivity contribution in [1.29, 1.82) is 0 Å². The van der Waals surface area contributed by atoms with Gasteiger partial charge in [0.2, 0.25) is 11.8 Å². The first-order chi connectivity index (χ1) is 13.5. The highest BCUT2D eigenvalue weighted by molar-refractivity contribution is 6.02. The highest BCUT2D eigenvalue weighted by Gasteiger charge is 2.30. The van der Waals surface area contributed by atoms with Crippen molar-refractivity contribution in [2.45, 2.75) is 19.8 Å². The van der Waals surface area contributed by atoms with E-state index in [-0.39, 0.29) is 17.7 Å². The fraction of sp³-hybridized carbons (Fsp3) is 0.429. The number of carbonyl (C=O) groups is 3. The van der Waals surface area contributed by atoms with Crippen molar-refractivity contribution in [1.82, 2.24) is 19.7 Å². The summed E-state index contributed by atoms with van der Waals surface area (Å²) >= 11 is 0. The SMILES string of the molecule is Cc1nc2ccccc2cc1C(=O)N1CCN(CCN2C(=O)CCC2=O)CC1. The maximum absolute atomic E-state index is 13.0. The lowest BCUT2D eigenvalue weighted by Crippen LogP contribution is -2.50. The van der Waals surface area contributed by atoms with Gasteiger partial charge in [0.1, 0.15) is 0 Å². The highest BCUT2D eigenvalue weighted by Crippen LogP contribution is 2.19. The predicted octanol–water partition coefficient (Wildman–Crippen LogP) is 1.45. The minimum Gasteiger partial charge on any atom is -0.336 e. The van der Waals surface area contributed by atoms with E-state index in [1.807, 2.05) is 42.2 Å². The van der Waals surface area contributed by atoms with Gasteiger partial charge in [-0.2, -0.15) is 0 Å². The van der Waals surface area contributed by atoms with Crippen molar-refractivity contribution in [3.63, 3.8) is 0 Å². The molecule has 2 fully saturated rings. The van der Waals surface area contributed by atoms with Crippen LogP contribution in [-0.4, -0.2) is 76.7 Å². The van der Waals surface area contributed by atoms with Crippen molar-refractivity contribution in [2.24, 2.45) is 0 Å². The average molecular weight is 380 g/mol. The van der Waals surface area contributed by atoms with Gasteiger partial charge in [-0.05, 0) is 19.1 Å². The number of pyridine rings is 1. The molecule has 0 radical (unpaired) electrons. The number of nitrogens with zero attached hydrogens (tertiary/aromatic N) is 4. The van der Waals surface area contributed by atoms with Crippen LogP contribution >= 0.6 is 0 Å². The van der Waals surface area contributed by atoms with Crippen LogP contribution < -0.4 is 0 Å². The number of amides is 3. The first kappa shape index (κ1) is 18.6. The van der Waals surface area contributed by atoms with Crippen LogP contribution in [-0.2, 0) is 9.59 Å². The van der Waals surface area contributed by atoms with Crippen LogP contribution in [0.5, 0.6) is 0 Å². The topological polar surface area (TPSA) is 73.8 Å². The Morgan fingerprint density at radius 2 is 1.68 bits per heavy atom. The lowest BCUT2D eigenvalue weighted by Gasteiger charge is -2.35. The van der Waals surface area contributed by atoms with Crippen molar-refractivity contribution in [3.8, 4) is 0 Å². The largest absolute Gasteiger partial charge is 0.336 e. The molecule has 2 aliphatic heterocycles. The van der Waals surface area contributed by atoms with Gasteiger partial charge in [0, 0.05) is 57.5 Å². The number of hydrogen-bond donors (Lipinski definition) is 0. The first-order valence-corrected chi connectivity index (χ1v) is 9.74. The average Bonchev–Trinajstić information content (AvgIpc) is 3.03. The molecule has 4 rings (SSSR count). The van der Waals surface area contributed by atoms with E-state index in [2.05, 4.69) is 9.88 Å². The zero-order valence-electron chi connectivity index (χ0n) is 16.1. The molecular weight excluding hydrogens is 356 g/mol. The van der Waals surface area contributed by atoms with Gasteiger partial charge < -0.3 is 4.90 Å². The summed E-state index contributed by atoms with van der Waals surface area (Å²) in [6, 6.07) is 9.74. The molecule has 0 atom stereocenters. The summed E-state index contributed by atoms with van der Waals surface area (Å²) in [6.45, 7) is 5.72. The van der Waals surface area contributed by atoms with Gasteiger partial charge in [-0.25, -0.2) is 0 Å². The number of likely N-dealkylation sites (tertiary alicyclic amines) is 1. The number of para-hydroxylation sites is 1. The van der Waals surface area contributed by atoms with Crippen molar-refractivity contribution < 1.29 is 14.4 Å². The van der Waals surface area contributed by atoms with E-state index in [9.17, 15) is 14.4 Å². The third kappa shape index (κ3) is 3.62. The standard InChI is InChI=1S/C21H24N4O3/c1-15-17(14-16-4-2-3-5-18(16)22-15)21(28)24-11-8-23(9-12-24)10-13-25-19(26)6-7-20(25)27/h2-5,14H,6-13H2,1H3. The van der Waals surface area contributed by atoms with E-state index in [0.29, 0.717) is 44.6 Å². The number of fused-ring (bicyclic) bond motifs is 1. The molecule has 0 spiro atoms. The number of hydrogen-bond acceptors (Lipinski definition) is 5. The number of piperazine rings is 1. The van der Waals surface area contributed by atoms with Crippen molar-refractivity contribution in [2.75, 3.05) is 39.3 Å². The molecule has 2 aliphatic rings. The Labute approximate surface area is 163 Å². The Morgan fingerprint density at radius 3 is 2.39 bits per heavy atom. The Morgan fingerprint density at radius 1 is 1.00 bits per heavy atom. The van der Waals surface area contributed by atoms with Gasteiger partial charge in [0.25, 0.3) is 5.91 Å². The number of carbonyl (C=O) groups excluding carboxylic acids is 3. The Balaban J connectivity index is 1.36. The Bertz CT molecular complexity index is 918. The molecule has 28 heavy (non-hydrogen) atoms. The maximum atomic E-state index is 13.0. The van der Waals surface area contributed by atoms with Crippen LogP contribution in [0.4, 0.5) is 0 Å². The summed E-state index contributed by atoms with van der Waals surface area (Å²) in [5.41, 5.74) is 2.30. The van der Waals surface area contributed by atoms with Gasteiger partial charge in [-0.15, -0.1) is 0 Å². The highest BCUT2D eigenvalue weighted by atomic mass is 16.2. The zero-order valence-corrected chi connectivity index (χ0v) is 16.1. The van der Waals surface area contributed by atoms with E-state index < -0.39 is 0 Å². The number of aromatic nitrogens is 1. The van der Waals surface area contributed by atoms with Gasteiger partial charge in [0.05, 0.1) is 16.8 Å². The van der Waals surface area contributed by atoms with Crippen LogP contribution in [0.3, 0.4) is 0 Å². The van der Waals surface area contributed by atoms with Crippen LogP contribution in [0.15, 0.2) is 30.3 Å². The normalized spacial score (nSPS) is 18.3. The molecule has 2 saturated heterocycles. The minimum atomic E-state index is -0.0712. The predicted molar refractivity (Wildman–Crippen MR) is 105 cm³/mol. The van der Waals surface area contributed by atoms with E-state index in [1.54, 1.807) is 0 Å². The lowest BCUT2D eigenvalue weighted by molar-refractivity contribution is -0.138. The summed E-state index contributed by atoms with van der Waals surface area (Å²) in [5.74, 6) is -0.128. The molecule has 3 amide bonds. The molecule has 0 N–H and O–H groups in total. The number of rotatable bonds is 4. The fourth-order valence-corrected chi connectivity index (χ4v) is 3.89. The van der Waals surface area contributed by atoms with Gasteiger partial charge >= 0.3 is 0 Å². The van der Waals surface area contributed by atoms with Crippen LogP contribution in [0.2, 0.25) is 0 Å². The van der Waals surface area contributed by atoms with E-state index in [1.165, 1.54) is 4.90 Å². The number of imide groups is 1. The third-order valence-corrected chi connectivity index (χ3v) is 5.60. The van der Waals surface area contributed by atoms with Crippen molar-refractivity contribution >= 4 is 28.6 Å². The molecule has 0 saturated carbocycles. The summed E-state index contributed by atoms with van der Waals surface area (Å²) in [5, 5.41) is 0.968. The van der Waals surface area contributed by atoms with Gasteiger partial charge in [-0.1, -0.05) is 18.2 Å². The molecule has 146 valence electrons. The molecule has 3 heterocycles. The number of aryl methyl sites for hydroxylation is 1. The fourth-order valence-electron chi connectivity index (χ4n) is 3.89. The van der Waals surface area contributed by atoms with Crippen molar-refractivity contribution in [3.05, 3.63) is 41.6 Å². The monoisotopic (exact) mass is 380 g/mol. The van der Waals surface area contributed by atoms with E-state index in [0.717, 1.165) is 29.7 Å². The van der Waals surface area contributed by atoms with Crippen LogP contribution in [0.25, 0.3) is 10.9 Å². The summed E-state index contributed by atoms with van der Waals surface area (Å²) in [6.07, 6.45) is 0.667. The summed E-state index contributed by atoms with van der Waals surface area (Å²) in [4.78, 5) is 46.4. The van der Waals surface area contributed by atoms with Crippen LogP contribution in [0, 0.1) is 6.92 Å². The molecule has 0 unspecified atom stereocenters. The molecule has 0 bridgehead atoms. The van der Waals surface area contributed by atoms with Gasteiger partial charge in [-0.3, -0.25) is 29.2 Å². The maximum Gasteiger partial charge on any atom is 0.255 e. The number of benzene rings is 1. The molecular formula is C21H24N4O3. The van der Waals surface area contributed by atoms with E-state index >= 15 is 0 Å². The second-order valence-electron chi connectivity index (χ2n) is 7.39. The van der Waals surface area contributed by atoms with Crippen LogP contribution in [0.1, 0.15) is 28.9 Å². The molecule has 1 aromatic carbocycles. The second kappa shape index (κ2) is 7.67. The third-order valence-electron chi connectivity index (χ3n) is 5.60. The smallest absolute Gasteiger partial charge is 0.255 e. The Kier molecular flexibility index (Phi) is 5.09. The summed E-state index contributed by atoms with van der Waals surface area (Å²) < 4.78 is 0. The van der Waals surface area contributed by atoms with E-state index in [4.69, 9.17) is 0 Å².